The van der Waals surface area contributed by atoms with Crippen LogP contribution in [0.2, 0.25) is 0 Å². The lowest BCUT2D eigenvalue weighted by Gasteiger charge is -2.21. The van der Waals surface area contributed by atoms with Crippen LogP contribution in [0, 0.1) is 5.92 Å². The topological polar surface area (TPSA) is 38.3 Å². The van der Waals surface area contributed by atoms with E-state index in [1.165, 1.54) is 0 Å². The molecule has 86 valence electrons. The smallest absolute Gasteiger partial charge is 0.310 e. The van der Waals surface area contributed by atoms with Crippen molar-refractivity contribution in [2.75, 3.05) is 13.1 Å². The predicted octanol–water partition coefficient (Wildman–Crippen LogP) is 1.73. The normalized spacial score (nSPS) is 20.4. The maximum Gasteiger partial charge on any atom is 0.310 e. The zero-order valence-electron chi connectivity index (χ0n) is 9.32. The average molecular weight is 219 g/mol. The van der Waals surface area contributed by atoms with E-state index in [0.717, 1.165) is 31.5 Å². The first-order valence-corrected chi connectivity index (χ1v) is 5.77. The highest BCUT2D eigenvalue weighted by Crippen LogP contribution is 2.12. The molecule has 1 heterocycles. The third-order valence-electron chi connectivity index (χ3n) is 2.85. The second-order valence-electron chi connectivity index (χ2n) is 4.14. The van der Waals surface area contributed by atoms with Crippen LogP contribution in [0.4, 0.5) is 0 Å². The van der Waals surface area contributed by atoms with E-state index in [4.69, 9.17) is 4.74 Å². The Balaban J connectivity index is 1.79. The van der Waals surface area contributed by atoms with Crippen molar-refractivity contribution in [2.24, 2.45) is 5.92 Å². The van der Waals surface area contributed by atoms with Gasteiger partial charge in [0.2, 0.25) is 0 Å². The van der Waals surface area contributed by atoms with Gasteiger partial charge in [-0.1, -0.05) is 30.3 Å². The van der Waals surface area contributed by atoms with Crippen LogP contribution in [0.25, 0.3) is 0 Å². The van der Waals surface area contributed by atoms with Crippen molar-refractivity contribution < 1.29 is 9.53 Å². The summed E-state index contributed by atoms with van der Waals surface area (Å²) in [6.45, 7) is 2.16. The van der Waals surface area contributed by atoms with Gasteiger partial charge in [-0.15, -0.1) is 0 Å². The third kappa shape index (κ3) is 3.07. The Morgan fingerprint density at radius 3 is 2.88 bits per heavy atom. The minimum atomic E-state index is -0.0731. The van der Waals surface area contributed by atoms with Gasteiger partial charge in [-0.3, -0.25) is 4.79 Å². The highest BCUT2D eigenvalue weighted by Gasteiger charge is 2.21. The number of hydrogen-bond acceptors (Lipinski definition) is 3. The van der Waals surface area contributed by atoms with E-state index in [1.54, 1.807) is 0 Å². The Bertz CT molecular complexity index is 331. The summed E-state index contributed by atoms with van der Waals surface area (Å²) in [5, 5.41) is 3.21. The van der Waals surface area contributed by atoms with E-state index in [2.05, 4.69) is 5.32 Å². The van der Waals surface area contributed by atoms with E-state index < -0.39 is 0 Å². The number of ether oxygens (including phenoxy) is 1. The summed E-state index contributed by atoms with van der Waals surface area (Å²) in [7, 11) is 0. The van der Waals surface area contributed by atoms with E-state index in [-0.39, 0.29) is 11.9 Å². The van der Waals surface area contributed by atoms with Gasteiger partial charge in [0.15, 0.2) is 0 Å². The fraction of sp³-hybridized carbons (Fsp3) is 0.462. The Kier molecular flexibility index (Phi) is 3.94. The number of nitrogens with one attached hydrogen (secondary N) is 1. The average Bonchev–Trinajstić information content (AvgIpc) is 2.38. The molecular formula is C13H17NO2. The first-order valence-electron chi connectivity index (χ1n) is 5.77. The molecule has 0 saturated carbocycles. The number of hydrogen-bond donors (Lipinski definition) is 1. The molecule has 0 aliphatic carbocycles. The number of carbonyl (C=O) groups is 1. The number of piperidine rings is 1. The van der Waals surface area contributed by atoms with Gasteiger partial charge in [-0.05, 0) is 24.9 Å². The SMILES string of the molecule is O=C(OCc1ccccc1)[C@@H]1CCCNC1. The quantitative estimate of drug-likeness (QED) is 0.787. The van der Waals surface area contributed by atoms with Crippen molar-refractivity contribution in [1.82, 2.24) is 5.32 Å². The molecule has 1 N–H and O–H groups in total. The van der Waals surface area contributed by atoms with Gasteiger partial charge in [0, 0.05) is 6.54 Å². The van der Waals surface area contributed by atoms with Gasteiger partial charge in [-0.2, -0.15) is 0 Å². The molecule has 0 radical (unpaired) electrons. The van der Waals surface area contributed by atoms with Gasteiger partial charge < -0.3 is 10.1 Å². The molecule has 0 bridgehead atoms. The molecule has 1 aliphatic rings. The molecule has 1 saturated heterocycles. The molecule has 1 atom stereocenters. The molecule has 16 heavy (non-hydrogen) atoms. The lowest BCUT2D eigenvalue weighted by Crippen LogP contribution is -2.35. The molecule has 0 aromatic heterocycles. The van der Waals surface area contributed by atoms with Crippen molar-refractivity contribution in [1.29, 1.82) is 0 Å². The lowest BCUT2D eigenvalue weighted by molar-refractivity contribution is -0.150. The minimum Gasteiger partial charge on any atom is -0.461 e. The third-order valence-corrected chi connectivity index (χ3v) is 2.85. The first-order chi connectivity index (χ1) is 7.86. The van der Waals surface area contributed by atoms with Crippen LogP contribution in [0.3, 0.4) is 0 Å². The number of rotatable bonds is 3. The van der Waals surface area contributed by atoms with Gasteiger partial charge >= 0.3 is 5.97 Å². The van der Waals surface area contributed by atoms with Crippen LogP contribution in [0.15, 0.2) is 30.3 Å². The second kappa shape index (κ2) is 5.66. The predicted molar refractivity (Wildman–Crippen MR) is 61.8 cm³/mol. The summed E-state index contributed by atoms with van der Waals surface area (Å²) in [4.78, 5) is 11.7. The molecule has 1 aliphatic heterocycles. The van der Waals surface area contributed by atoms with Crippen LogP contribution in [0.5, 0.6) is 0 Å². The first kappa shape index (κ1) is 11.1. The fourth-order valence-electron chi connectivity index (χ4n) is 1.90. The van der Waals surface area contributed by atoms with Gasteiger partial charge in [0.25, 0.3) is 0 Å². The van der Waals surface area contributed by atoms with Crippen LogP contribution in [-0.4, -0.2) is 19.1 Å². The van der Waals surface area contributed by atoms with Crippen molar-refractivity contribution in [3.8, 4) is 0 Å². The van der Waals surface area contributed by atoms with E-state index >= 15 is 0 Å². The largest absolute Gasteiger partial charge is 0.461 e. The van der Waals surface area contributed by atoms with Crippen molar-refractivity contribution >= 4 is 5.97 Å². The van der Waals surface area contributed by atoms with Crippen LogP contribution < -0.4 is 5.32 Å². The molecule has 2 rings (SSSR count). The number of benzene rings is 1. The Morgan fingerprint density at radius 1 is 1.38 bits per heavy atom. The molecule has 0 spiro atoms. The highest BCUT2D eigenvalue weighted by atomic mass is 16.5. The monoisotopic (exact) mass is 219 g/mol. The summed E-state index contributed by atoms with van der Waals surface area (Å²) in [5.74, 6) is -0.0338. The molecule has 3 nitrogen and oxygen atoms in total. The molecule has 1 aromatic carbocycles. The molecule has 1 aromatic rings. The minimum absolute atomic E-state index is 0.0393. The number of carbonyl (C=O) groups excluding carboxylic acids is 1. The van der Waals surface area contributed by atoms with E-state index in [9.17, 15) is 4.79 Å². The summed E-state index contributed by atoms with van der Waals surface area (Å²) in [5.41, 5.74) is 1.04. The van der Waals surface area contributed by atoms with Gasteiger partial charge in [0.1, 0.15) is 6.61 Å². The summed E-state index contributed by atoms with van der Waals surface area (Å²) in [6.07, 6.45) is 2.01. The summed E-state index contributed by atoms with van der Waals surface area (Å²) in [6, 6.07) is 9.78. The van der Waals surface area contributed by atoms with Gasteiger partial charge in [-0.25, -0.2) is 0 Å². The maximum atomic E-state index is 11.7. The molecular weight excluding hydrogens is 202 g/mol. The van der Waals surface area contributed by atoms with Crippen LogP contribution in [0.1, 0.15) is 18.4 Å². The molecule has 0 unspecified atom stereocenters. The lowest BCUT2D eigenvalue weighted by atomic mass is 10.0. The summed E-state index contributed by atoms with van der Waals surface area (Å²) < 4.78 is 5.29. The van der Waals surface area contributed by atoms with Crippen molar-refractivity contribution in [3.63, 3.8) is 0 Å². The van der Waals surface area contributed by atoms with Crippen molar-refractivity contribution in [3.05, 3.63) is 35.9 Å². The summed E-state index contributed by atoms with van der Waals surface area (Å²) >= 11 is 0. The fourth-order valence-corrected chi connectivity index (χ4v) is 1.90. The standard InChI is InChI=1S/C13H17NO2/c15-13(12-7-4-8-14-9-12)16-10-11-5-2-1-3-6-11/h1-3,5-6,12,14H,4,7-10H2/t12-/m1/s1. The van der Waals surface area contributed by atoms with Crippen molar-refractivity contribution in [2.45, 2.75) is 19.4 Å². The van der Waals surface area contributed by atoms with E-state index in [0.29, 0.717) is 6.61 Å². The number of esters is 1. The zero-order chi connectivity index (χ0) is 11.2. The zero-order valence-corrected chi connectivity index (χ0v) is 9.32. The molecule has 3 heteroatoms. The second-order valence-corrected chi connectivity index (χ2v) is 4.14. The molecule has 1 fully saturated rings. The Morgan fingerprint density at radius 2 is 2.19 bits per heavy atom. The highest BCUT2D eigenvalue weighted by molar-refractivity contribution is 5.72. The Hall–Kier alpha value is -1.35. The molecule has 0 amide bonds. The van der Waals surface area contributed by atoms with Gasteiger partial charge in [0.05, 0.1) is 5.92 Å². The van der Waals surface area contributed by atoms with E-state index in [1.807, 2.05) is 30.3 Å². The maximum absolute atomic E-state index is 11.7. The van der Waals surface area contributed by atoms with Crippen LogP contribution >= 0.6 is 0 Å². The Labute approximate surface area is 95.8 Å². The van der Waals surface area contributed by atoms with Crippen LogP contribution in [-0.2, 0) is 16.1 Å².